The van der Waals surface area contributed by atoms with E-state index in [2.05, 4.69) is 44.5 Å². The maximum Gasteiger partial charge on any atom is 0.304 e. The first-order valence-electron chi connectivity index (χ1n) is 6.93. The van der Waals surface area contributed by atoms with Crippen molar-refractivity contribution in [1.82, 2.24) is 4.57 Å². The highest BCUT2D eigenvalue weighted by Gasteiger charge is 2.30. The Hall–Kier alpha value is -1.77. The van der Waals surface area contributed by atoms with Crippen LogP contribution in [0.2, 0.25) is 0 Å². The van der Waals surface area contributed by atoms with Gasteiger partial charge in [0.25, 0.3) is 0 Å². The molecule has 2 aromatic rings. The lowest BCUT2D eigenvalue weighted by molar-refractivity contribution is -0.138. The van der Waals surface area contributed by atoms with Gasteiger partial charge in [-0.05, 0) is 43.5 Å². The van der Waals surface area contributed by atoms with Gasteiger partial charge < -0.3 is 9.67 Å². The fourth-order valence-corrected chi connectivity index (χ4v) is 3.36. The number of aromatic nitrogens is 1. The lowest BCUT2D eigenvalue weighted by Gasteiger charge is -2.24. The van der Waals surface area contributed by atoms with Crippen molar-refractivity contribution in [1.29, 1.82) is 0 Å². The normalized spacial score (nSPS) is 12.1. The Morgan fingerprint density at radius 2 is 1.85 bits per heavy atom. The molecule has 0 atom stereocenters. The monoisotopic (exact) mass is 273 g/mol. The summed E-state index contributed by atoms with van der Waals surface area (Å²) in [6.07, 6.45) is 0.139. The maximum absolute atomic E-state index is 11.2. The Kier molecular flexibility index (Phi) is 3.41. The summed E-state index contributed by atoms with van der Waals surface area (Å²) >= 11 is 0. The van der Waals surface area contributed by atoms with Crippen LogP contribution in [0.3, 0.4) is 0 Å². The first kappa shape index (κ1) is 14.6. The predicted molar refractivity (Wildman–Crippen MR) is 82.4 cm³/mol. The molecule has 0 aliphatic heterocycles. The molecule has 0 bridgehead atoms. The zero-order valence-electron chi connectivity index (χ0n) is 13.2. The van der Waals surface area contributed by atoms with Crippen molar-refractivity contribution < 1.29 is 9.90 Å². The Morgan fingerprint density at radius 3 is 2.40 bits per heavy atom. The Morgan fingerprint density at radius 1 is 1.25 bits per heavy atom. The van der Waals surface area contributed by atoms with Gasteiger partial charge in [0.1, 0.15) is 0 Å². The van der Waals surface area contributed by atoms with Crippen molar-refractivity contribution in [3.63, 3.8) is 0 Å². The summed E-state index contributed by atoms with van der Waals surface area (Å²) in [7, 11) is 2.05. The molecule has 0 radical (unpaired) electrons. The quantitative estimate of drug-likeness (QED) is 0.922. The first-order valence-corrected chi connectivity index (χ1v) is 6.93. The van der Waals surface area contributed by atoms with E-state index in [-0.39, 0.29) is 11.8 Å². The molecule has 108 valence electrons. The third-order valence-electron chi connectivity index (χ3n) is 4.21. The first-order chi connectivity index (χ1) is 9.15. The van der Waals surface area contributed by atoms with Gasteiger partial charge in [0.15, 0.2) is 0 Å². The van der Waals surface area contributed by atoms with Crippen LogP contribution in [0, 0.1) is 20.8 Å². The molecule has 1 N–H and O–H groups in total. The minimum atomic E-state index is -0.754. The van der Waals surface area contributed by atoms with E-state index < -0.39 is 5.97 Å². The maximum atomic E-state index is 11.2. The van der Waals surface area contributed by atoms with Crippen molar-refractivity contribution >= 4 is 16.9 Å². The second-order valence-electron chi connectivity index (χ2n) is 6.45. The van der Waals surface area contributed by atoms with Crippen LogP contribution in [0.25, 0.3) is 10.9 Å². The molecule has 0 saturated carbocycles. The number of carboxylic acids is 1. The molecule has 20 heavy (non-hydrogen) atoms. The molecule has 0 saturated heterocycles. The largest absolute Gasteiger partial charge is 0.481 e. The topological polar surface area (TPSA) is 42.2 Å². The molecule has 1 aromatic heterocycles. The van der Waals surface area contributed by atoms with Gasteiger partial charge in [-0.2, -0.15) is 0 Å². The summed E-state index contributed by atoms with van der Waals surface area (Å²) in [5.74, 6) is -0.754. The van der Waals surface area contributed by atoms with Crippen LogP contribution in [0.5, 0.6) is 0 Å². The summed E-state index contributed by atoms with van der Waals surface area (Å²) in [6.45, 7) is 10.3. The summed E-state index contributed by atoms with van der Waals surface area (Å²) in [5, 5.41) is 10.4. The third kappa shape index (κ3) is 2.21. The number of hydrogen-bond donors (Lipinski definition) is 1. The average Bonchev–Trinajstić information content (AvgIpc) is 2.52. The van der Waals surface area contributed by atoms with E-state index in [4.69, 9.17) is 0 Å². The summed E-state index contributed by atoms with van der Waals surface area (Å²) in [6, 6.07) is 4.35. The molecule has 3 nitrogen and oxygen atoms in total. The molecular formula is C17H23NO2. The minimum absolute atomic E-state index is 0.139. The number of aliphatic carboxylic acids is 1. The van der Waals surface area contributed by atoms with Crippen LogP contribution >= 0.6 is 0 Å². The summed E-state index contributed by atoms with van der Waals surface area (Å²) < 4.78 is 2.17. The van der Waals surface area contributed by atoms with Crippen molar-refractivity contribution in [3.05, 3.63) is 34.5 Å². The van der Waals surface area contributed by atoms with E-state index in [9.17, 15) is 9.90 Å². The lowest BCUT2D eigenvalue weighted by Crippen LogP contribution is -2.22. The highest BCUT2D eigenvalue weighted by Crippen LogP contribution is 2.39. The van der Waals surface area contributed by atoms with Gasteiger partial charge in [-0.25, -0.2) is 0 Å². The van der Waals surface area contributed by atoms with Gasteiger partial charge in [0, 0.05) is 29.1 Å². The number of benzene rings is 1. The van der Waals surface area contributed by atoms with Gasteiger partial charge in [-0.3, -0.25) is 4.79 Å². The van der Waals surface area contributed by atoms with E-state index >= 15 is 0 Å². The molecular weight excluding hydrogens is 250 g/mol. The number of carboxylic acid groups (broad SMARTS) is 1. The zero-order valence-corrected chi connectivity index (χ0v) is 13.2. The van der Waals surface area contributed by atoms with Gasteiger partial charge in [0.05, 0.1) is 6.42 Å². The van der Waals surface area contributed by atoms with Gasteiger partial charge >= 0.3 is 5.97 Å². The summed E-state index contributed by atoms with van der Waals surface area (Å²) in [4.78, 5) is 11.2. The van der Waals surface area contributed by atoms with Crippen LogP contribution in [0.4, 0.5) is 0 Å². The molecule has 2 rings (SSSR count). The van der Waals surface area contributed by atoms with Crippen LogP contribution in [0.15, 0.2) is 12.1 Å². The molecule has 0 amide bonds. The lowest BCUT2D eigenvalue weighted by atomic mass is 9.79. The van der Waals surface area contributed by atoms with Gasteiger partial charge in [0.2, 0.25) is 0 Å². The number of aryl methyl sites for hydroxylation is 3. The number of nitrogens with zero attached hydrogens (tertiary/aromatic N) is 1. The third-order valence-corrected chi connectivity index (χ3v) is 4.21. The number of rotatable bonds is 3. The Balaban J connectivity index is 2.83. The molecule has 0 unspecified atom stereocenters. The smallest absolute Gasteiger partial charge is 0.304 e. The van der Waals surface area contributed by atoms with Crippen LogP contribution < -0.4 is 0 Å². The Labute approximate surface area is 120 Å². The van der Waals surface area contributed by atoms with Crippen LogP contribution in [-0.2, 0) is 17.3 Å². The molecule has 0 aliphatic rings. The highest BCUT2D eigenvalue weighted by atomic mass is 16.4. The van der Waals surface area contributed by atoms with Crippen molar-refractivity contribution in [2.75, 3.05) is 0 Å². The molecule has 3 heteroatoms. The molecule has 1 heterocycles. The molecule has 0 spiro atoms. The van der Waals surface area contributed by atoms with E-state index in [0.717, 1.165) is 11.3 Å². The fourth-order valence-electron chi connectivity index (χ4n) is 3.36. The Bertz CT molecular complexity index is 693. The van der Waals surface area contributed by atoms with Crippen LogP contribution in [0.1, 0.15) is 42.7 Å². The van der Waals surface area contributed by atoms with E-state index in [1.165, 1.54) is 22.0 Å². The van der Waals surface area contributed by atoms with Crippen molar-refractivity contribution in [2.24, 2.45) is 7.05 Å². The predicted octanol–water partition coefficient (Wildman–Crippen LogP) is 3.86. The molecule has 1 aromatic carbocycles. The van der Waals surface area contributed by atoms with Crippen molar-refractivity contribution in [2.45, 2.75) is 46.5 Å². The minimum Gasteiger partial charge on any atom is -0.481 e. The fraction of sp³-hybridized carbons (Fsp3) is 0.471. The standard InChI is InChI=1S/C17H23NO2/c1-10-7-11(2)15-13(8-10)18(6)12(3)16(15)17(4,5)9-14(19)20/h7-8H,9H2,1-6H3,(H,19,20). The van der Waals surface area contributed by atoms with Gasteiger partial charge in [-0.15, -0.1) is 0 Å². The SMILES string of the molecule is Cc1cc(C)c2c(C(C)(C)CC(=O)O)c(C)n(C)c2c1. The number of carbonyl (C=O) groups is 1. The zero-order chi connectivity index (χ0) is 15.2. The molecule has 0 fully saturated rings. The second kappa shape index (κ2) is 4.65. The number of fused-ring (bicyclic) bond motifs is 1. The van der Waals surface area contributed by atoms with Crippen LogP contribution in [-0.4, -0.2) is 15.6 Å². The summed E-state index contributed by atoms with van der Waals surface area (Å²) in [5.41, 5.74) is 5.58. The highest BCUT2D eigenvalue weighted by molar-refractivity contribution is 5.90. The van der Waals surface area contributed by atoms with Gasteiger partial charge in [-0.1, -0.05) is 19.9 Å². The van der Waals surface area contributed by atoms with E-state index in [0.29, 0.717) is 0 Å². The van der Waals surface area contributed by atoms with Crippen molar-refractivity contribution in [3.8, 4) is 0 Å². The van der Waals surface area contributed by atoms with E-state index in [1.54, 1.807) is 0 Å². The van der Waals surface area contributed by atoms with E-state index in [1.807, 2.05) is 13.8 Å². The second-order valence-corrected chi connectivity index (χ2v) is 6.45. The number of hydrogen-bond acceptors (Lipinski definition) is 1. The average molecular weight is 273 g/mol. The molecule has 0 aliphatic carbocycles.